The summed E-state index contributed by atoms with van der Waals surface area (Å²) in [5.74, 6) is 1.80. The van der Waals surface area contributed by atoms with Gasteiger partial charge in [0.15, 0.2) is 0 Å². The van der Waals surface area contributed by atoms with Gasteiger partial charge in [-0.2, -0.15) is 0 Å². The Morgan fingerprint density at radius 3 is 2.84 bits per heavy atom. The van der Waals surface area contributed by atoms with Gasteiger partial charge in [0.05, 0.1) is 5.39 Å². The lowest BCUT2D eigenvalue weighted by molar-refractivity contribution is 0.509. The lowest BCUT2D eigenvalue weighted by Crippen LogP contribution is -2.27. The quantitative estimate of drug-likeness (QED) is 0.854. The van der Waals surface area contributed by atoms with E-state index in [4.69, 9.17) is 0 Å². The number of hydrogen-bond acceptors (Lipinski definition) is 4. The Bertz CT molecular complexity index is 610. The Hall–Kier alpha value is -1.16. The second-order valence-electron chi connectivity index (χ2n) is 6.63. The molecule has 102 valence electrons. The van der Waals surface area contributed by atoms with Crippen LogP contribution in [0.3, 0.4) is 0 Å². The van der Waals surface area contributed by atoms with Crippen molar-refractivity contribution in [3.05, 3.63) is 16.8 Å². The van der Waals surface area contributed by atoms with Gasteiger partial charge in [-0.1, -0.05) is 6.92 Å². The van der Waals surface area contributed by atoms with Gasteiger partial charge in [0.2, 0.25) is 0 Å². The smallest absolute Gasteiger partial charge is 0.138 e. The third kappa shape index (κ3) is 2.46. The first-order chi connectivity index (χ1) is 8.94. The molecule has 1 N–H and O–H groups in total. The number of anilines is 1. The summed E-state index contributed by atoms with van der Waals surface area (Å²) in [5.41, 5.74) is 1.52. The van der Waals surface area contributed by atoms with E-state index in [0.29, 0.717) is 0 Å². The molecule has 0 radical (unpaired) electrons. The Labute approximate surface area is 118 Å². The Balaban J connectivity index is 2.14. The minimum Gasteiger partial charge on any atom is -0.365 e. The van der Waals surface area contributed by atoms with Gasteiger partial charge in [0.25, 0.3) is 0 Å². The topological polar surface area (TPSA) is 37.8 Å². The predicted molar refractivity (Wildman–Crippen MR) is 82.0 cm³/mol. The summed E-state index contributed by atoms with van der Waals surface area (Å²) in [6.45, 7) is 8.85. The van der Waals surface area contributed by atoms with Crippen molar-refractivity contribution in [2.75, 3.05) is 5.32 Å². The molecule has 0 aliphatic heterocycles. The van der Waals surface area contributed by atoms with Crippen LogP contribution >= 0.6 is 11.3 Å². The molecule has 1 atom stereocenters. The zero-order chi connectivity index (χ0) is 13.6. The molecular formula is C15H21N3S. The summed E-state index contributed by atoms with van der Waals surface area (Å²) in [5, 5.41) is 4.80. The summed E-state index contributed by atoms with van der Waals surface area (Å²) in [6, 6.07) is 0. The molecule has 2 aromatic heterocycles. The average molecular weight is 275 g/mol. The van der Waals surface area contributed by atoms with Gasteiger partial charge in [-0.3, -0.25) is 0 Å². The van der Waals surface area contributed by atoms with Gasteiger partial charge < -0.3 is 5.32 Å². The van der Waals surface area contributed by atoms with Crippen LogP contribution in [0.25, 0.3) is 10.2 Å². The molecule has 0 bridgehead atoms. The standard InChI is InChI=1S/C15H21N3S/c1-9-5-6-10-11(7-9)19-14-12(10)13(16-8-17-14)18-15(2,3)4/h8-9H,5-7H2,1-4H3,(H,16,17,18). The van der Waals surface area contributed by atoms with Crippen molar-refractivity contribution in [1.82, 2.24) is 9.97 Å². The number of rotatable bonds is 1. The van der Waals surface area contributed by atoms with Crippen LogP contribution in [-0.4, -0.2) is 15.5 Å². The highest BCUT2D eigenvalue weighted by Gasteiger charge is 2.24. The maximum atomic E-state index is 4.48. The summed E-state index contributed by atoms with van der Waals surface area (Å²) >= 11 is 1.85. The summed E-state index contributed by atoms with van der Waals surface area (Å²) in [4.78, 5) is 11.6. The lowest BCUT2D eigenvalue weighted by Gasteiger charge is -2.23. The van der Waals surface area contributed by atoms with Crippen molar-refractivity contribution >= 4 is 27.4 Å². The van der Waals surface area contributed by atoms with Gasteiger partial charge in [-0.15, -0.1) is 11.3 Å². The van der Waals surface area contributed by atoms with Crippen LogP contribution in [0.4, 0.5) is 5.82 Å². The molecule has 0 spiro atoms. The number of fused-ring (bicyclic) bond motifs is 3. The van der Waals surface area contributed by atoms with Crippen molar-refractivity contribution in [2.24, 2.45) is 5.92 Å². The number of nitrogens with zero attached hydrogens (tertiary/aromatic N) is 2. The first kappa shape index (κ1) is 12.9. The van der Waals surface area contributed by atoms with Gasteiger partial charge in [0, 0.05) is 10.4 Å². The van der Waals surface area contributed by atoms with Gasteiger partial charge >= 0.3 is 0 Å². The molecule has 2 heterocycles. The Kier molecular flexibility index (Phi) is 3.01. The highest BCUT2D eigenvalue weighted by Crippen LogP contribution is 2.40. The van der Waals surface area contributed by atoms with Gasteiger partial charge in [0.1, 0.15) is 17.0 Å². The third-order valence-electron chi connectivity index (χ3n) is 3.59. The lowest BCUT2D eigenvalue weighted by atomic mass is 9.89. The number of nitrogens with one attached hydrogen (secondary N) is 1. The zero-order valence-electron chi connectivity index (χ0n) is 12.1. The molecule has 2 aromatic rings. The molecule has 0 saturated heterocycles. The van der Waals surface area contributed by atoms with Crippen LogP contribution in [-0.2, 0) is 12.8 Å². The third-order valence-corrected chi connectivity index (χ3v) is 4.75. The maximum Gasteiger partial charge on any atom is 0.138 e. The molecule has 1 unspecified atom stereocenters. The van der Waals surface area contributed by atoms with Crippen molar-refractivity contribution in [3.8, 4) is 0 Å². The van der Waals surface area contributed by atoms with E-state index in [1.807, 2.05) is 11.3 Å². The van der Waals surface area contributed by atoms with Crippen molar-refractivity contribution in [2.45, 2.75) is 52.5 Å². The van der Waals surface area contributed by atoms with E-state index in [9.17, 15) is 0 Å². The molecule has 1 aliphatic rings. The predicted octanol–water partition coefficient (Wildman–Crippen LogP) is 4.03. The van der Waals surface area contributed by atoms with E-state index in [-0.39, 0.29) is 5.54 Å². The minimum atomic E-state index is 0.0259. The largest absolute Gasteiger partial charge is 0.365 e. The summed E-state index contributed by atoms with van der Waals surface area (Å²) in [7, 11) is 0. The van der Waals surface area contributed by atoms with E-state index in [1.54, 1.807) is 6.33 Å². The minimum absolute atomic E-state index is 0.0259. The van der Waals surface area contributed by atoms with Crippen LogP contribution in [0.1, 0.15) is 44.6 Å². The Morgan fingerprint density at radius 1 is 1.32 bits per heavy atom. The zero-order valence-corrected chi connectivity index (χ0v) is 12.9. The highest BCUT2D eigenvalue weighted by atomic mass is 32.1. The Morgan fingerprint density at radius 2 is 2.11 bits per heavy atom. The van der Waals surface area contributed by atoms with Crippen LogP contribution in [0.2, 0.25) is 0 Å². The molecule has 3 nitrogen and oxygen atoms in total. The molecule has 0 amide bonds. The van der Waals surface area contributed by atoms with Crippen LogP contribution in [0.5, 0.6) is 0 Å². The van der Waals surface area contributed by atoms with E-state index in [1.165, 1.54) is 35.1 Å². The van der Waals surface area contributed by atoms with Crippen LogP contribution in [0, 0.1) is 5.92 Å². The van der Waals surface area contributed by atoms with Crippen LogP contribution < -0.4 is 5.32 Å². The average Bonchev–Trinajstić information content (AvgIpc) is 2.65. The fourth-order valence-electron chi connectivity index (χ4n) is 2.73. The highest BCUT2D eigenvalue weighted by molar-refractivity contribution is 7.19. The molecular weight excluding hydrogens is 254 g/mol. The van der Waals surface area contributed by atoms with E-state index in [0.717, 1.165) is 16.6 Å². The van der Waals surface area contributed by atoms with Crippen molar-refractivity contribution in [3.63, 3.8) is 0 Å². The molecule has 3 rings (SSSR count). The first-order valence-corrected chi connectivity index (χ1v) is 7.79. The number of hydrogen-bond donors (Lipinski definition) is 1. The normalized spacial score (nSPS) is 19.5. The number of aryl methyl sites for hydroxylation is 1. The molecule has 0 aromatic carbocycles. The van der Waals surface area contributed by atoms with Crippen molar-refractivity contribution in [1.29, 1.82) is 0 Å². The second kappa shape index (κ2) is 4.44. The molecule has 19 heavy (non-hydrogen) atoms. The number of thiophene rings is 1. The molecule has 0 saturated carbocycles. The van der Waals surface area contributed by atoms with E-state index < -0.39 is 0 Å². The fraction of sp³-hybridized carbons (Fsp3) is 0.600. The SMILES string of the molecule is CC1CCc2c(sc3ncnc(NC(C)(C)C)c23)C1. The number of aromatic nitrogens is 2. The van der Waals surface area contributed by atoms with Crippen molar-refractivity contribution < 1.29 is 0 Å². The van der Waals surface area contributed by atoms with E-state index >= 15 is 0 Å². The monoisotopic (exact) mass is 275 g/mol. The molecule has 1 aliphatic carbocycles. The van der Waals surface area contributed by atoms with Gasteiger partial charge in [-0.05, 0) is 51.5 Å². The fourth-order valence-corrected chi connectivity index (χ4v) is 4.08. The molecule has 0 fully saturated rings. The second-order valence-corrected chi connectivity index (χ2v) is 7.71. The van der Waals surface area contributed by atoms with Gasteiger partial charge in [-0.25, -0.2) is 9.97 Å². The van der Waals surface area contributed by atoms with Crippen LogP contribution in [0.15, 0.2) is 6.33 Å². The summed E-state index contributed by atoms with van der Waals surface area (Å²) < 4.78 is 0. The van der Waals surface area contributed by atoms with E-state index in [2.05, 4.69) is 43.0 Å². The summed E-state index contributed by atoms with van der Waals surface area (Å²) in [6.07, 6.45) is 5.33. The first-order valence-electron chi connectivity index (χ1n) is 6.97. The maximum absolute atomic E-state index is 4.48. The molecule has 4 heteroatoms.